The van der Waals surface area contributed by atoms with Crippen molar-refractivity contribution in [2.24, 2.45) is 0 Å². The van der Waals surface area contributed by atoms with Gasteiger partial charge in [0.25, 0.3) is 0 Å². The third kappa shape index (κ3) is 4.56. The van der Waals surface area contributed by atoms with Gasteiger partial charge in [-0.25, -0.2) is 18.9 Å². The van der Waals surface area contributed by atoms with Crippen molar-refractivity contribution in [2.75, 3.05) is 0 Å². The first-order chi connectivity index (χ1) is 16.8. The van der Waals surface area contributed by atoms with E-state index in [9.17, 15) is 18.0 Å². The van der Waals surface area contributed by atoms with E-state index in [1.807, 2.05) is 24.3 Å². The van der Waals surface area contributed by atoms with E-state index in [1.54, 1.807) is 0 Å². The first kappa shape index (κ1) is 22.8. The van der Waals surface area contributed by atoms with Gasteiger partial charge in [0.05, 0.1) is 5.56 Å². The van der Waals surface area contributed by atoms with Crippen LogP contribution >= 0.6 is 11.8 Å². The molecule has 3 aromatic heterocycles. The Morgan fingerprint density at radius 3 is 2.74 bits per heavy atom. The summed E-state index contributed by atoms with van der Waals surface area (Å²) in [6.07, 6.45) is -0.610. The molecular formula is C23H17F3N6O2S. The minimum atomic E-state index is -4.49. The Morgan fingerprint density at radius 2 is 1.94 bits per heavy atom. The van der Waals surface area contributed by atoms with Gasteiger partial charge in [-0.2, -0.15) is 18.2 Å². The molecule has 0 radical (unpaired) electrons. The molecule has 0 saturated heterocycles. The predicted molar refractivity (Wildman–Crippen MR) is 121 cm³/mol. The monoisotopic (exact) mass is 498 g/mol. The van der Waals surface area contributed by atoms with E-state index >= 15 is 0 Å². The molecule has 0 aliphatic rings. The van der Waals surface area contributed by atoms with Crippen molar-refractivity contribution in [3.63, 3.8) is 0 Å². The Morgan fingerprint density at radius 1 is 1.11 bits per heavy atom. The lowest BCUT2D eigenvalue weighted by Gasteiger charge is -2.06. The highest BCUT2D eigenvalue weighted by Gasteiger charge is 2.30. The zero-order chi connectivity index (χ0) is 24.6. The maximum atomic E-state index is 13.0. The molecule has 0 atom stereocenters. The van der Waals surface area contributed by atoms with Crippen LogP contribution in [0.4, 0.5) is 13.2 Å². The van der Waals surface area contributed by atoms with Gasteiger partial charge < -0.3 is 4.52 Å². The first-order valence-corrected chi connectivity index (χ1v) is 11.4. The highest BCUT2D eigenvalue weighted by atomic mass is 32.2. The Labute approximate surface area is 200 Å². The first-order valence-electron chi connectivity index (χ1n) is 10.5. The summed E-state index contributed by atoms with van der Waals surface area (Å²) in [5.41, 5.74) is 0.406. The van der Waals surface area contributed by atoms with Gasteiger partial charge in [-0.1, -0.05) is 54.2 Å². The zero-order valence-corrected chi connectivity index (χ0v) is 19.0. The molecular weight excluding hydrogens is 481 g/mol. The number of benzene rings is 2. The molecule has 8 nitrogen and oxygen atoms in total. The standard InChI is InChI=1S/C23H17F3N6O2S/c1-2-14-6-3-4-9-17(14)35-21-20-29-32(22(33)31(20)11-10-27-21)13-18-28-19(30-34-18)15-7-5-8-16(12-15)23(24,25)26/h3-12H,2,13H2,1H3. The molecule has 12 heteroatoms. The second kappa shape index (κ2) is 9.02. The quantitative estimate of drug-likeness (QED) is 0.335. The maximum Gasteiger partial charge on any atom is 0.416 e. The van der Waals surface area contributed by atoms with Gasteiger partial charge in [-0.15, -0.1) is 5.10 Å². The van der Waals surface area contributed by atoms with Crippen LogP contribution in [0.3, 0.4) is 0 Å². The molecule has 35 heavy (non-hydrogen) atoms. The third-order valence-corrected chi connectivity index (χ3v) is 6.33. The van der Waals surface area contributed by atoms with Crippen molar-refractivity contribution >= 4 is 17.4 Å². The number of alkyl halides is 3. The van der Waals surface area contributed by atoms with Gasteiger partial charge in [0.1, 0.15) is 11.6 Å². The van der Waals surface area contributed by atoms with Crippen LogP contribution in [0.15, 0.2) is 80.2 Å². The van der Waals surface area contributed by atoms with Crippen molar-refractivity contribution in [2.45, 2.75) is 36.0 Å². The van der Waals surface area contributed by atoms with Crippen LogP contribution in [0.2, 0.25) is 0 Å². The van der Waals surface area contributed by atoms with Crippen molar-refractivity contribution < 1.29 is 17.7 Å². The average molecular weight is 498 g/mol. The molecule has 5 aromatic rings. The summed E-state index contributed by atoms with van der Waals surface area (Å²) in [6.45, 7) is 1.91. The second-order valence-corrected chi connectivity index (χ2v) is 8.55. The van der Waals surface area contributed by atoms with Crippen molar-refractivity contribution in [1.29, 1.82) is 0 Å². The number of fused-ring (bicyclic) bond motifs is 1. The Bertz CT molecular complexity index is 1570. The van der Waals surface area contributed by atoms with Gasteiger partial charge in [-0.3, -0.25) is 0 Å². The summed E-state index contributed by atoms with van der Waals surface area (Å²) in [7, 11) is 0. The lowest BCUT2D eigenvalue weighted by atomic mass is 10.1. The highest BCUT2D eigenvalue weighted by Crippen LogP contribution is 2.32. The predicted octanol–water partition coefficient (Wildman–Crippen LogP) is 4.72. The molecule has 0 fully saturated rings. The number of hydrogen-bond donors (Lipinski definition) is 0. The number of hydrogen-bond acceptors (Lipinski definition) is 7. The van der Waals surface area contributed by atoms with Crippen LogP contribution in [0, 0.1) is 0 Å². The van der Waals surface area contributed by atoms with Crippen molar-refractivity contribution in [3.8, 4) is 11.4 Å². The summed E-state index contributed by atoms with van der Waals surface area (Å²) in [4.78, 5) is 22.5. The number of halogens is 3. The molecule has 5 rings (SSSR count). The second-order valence-electron chi connectivity index (χ2n) is 7.52. The van der Waals surface area contributed by atoms with E-state index in [0.717, 1.165) is 33.7 Å². The van der Waals surface area contributed by atoms with E-state index < -0.39 is 17.4 Å². The van der Waals surface area contributed by atoms with E-state index in [-0.39, 0.29) is 23.8 Å². The van der Waals surface area contributed by atoms with Gasteiger partial charge >= 0.3 is 11.9 Å². The fourth-order valence-electron chi connectivity index (χ4n) is 3.50. The van der Waals surface area contributed by atoms with Gasteiger partial charge in [0.2, 0.25) is 11.7 Å². The normalized spacial score (nSPS) is 11.9. The smallest absolute Gasteiger partial charge is 0.337 e. The van der Waals surface area contributed by atoms with Crippen LogP contribution in [0.5, 0.6) is 0 Å². The lowest BCUT2D eigenvalue weighted by molar-refractivity contribution is -0.137. The lowest BCUT2D eigenvalue weighted by Crippen LogP contribution is -2.21. The van der Waals surface area contributed by atoms with Crippen molar-refractivity contribution in [3.05, 3.63) is 88.4 Å². The number of aryl methyl sites for hydroxylation is 1. The summed E-state index contributed by atoms with van der Waals surface area (Å²) in [6, 6.07) is 12.5. The van der Waals surface area contributed by atoms with Crippen molar-refractivity contribution in [1.82, 2.24) is 29.3 Å². The van der Waals surface area contributed by atoms with E-state index in [4.69, 9.17) is 4.52 Å². The summed E-state index contributed by atoms with van der Waals surface area (Å²) in [5.74, 6) is 0.0124. The SMILES string of the molecule is CCc1ccccc1Sc1nccn2c(=O)n(Cc3nc(-c4cccc(C(F)(F)F)c4)no3)nc12. The Hall–Kier alpha value is -3.93. The van der Waals surface area contributed by atoms with E-state index in [2.05, 4.69) is 27.1 Å². The zero-order valence-electron chi connectivity index (χ0n) is 18.2. The van der Waals surface area contributed by atoms with E-state index in [0.29, 0.717) is 10.7 Å². The Balaban J connectivity index is 1.44. The molecule has 3 heterocycles. The molecule has 0 unspecified atom stereocenters. The van der Waals surface area contributed by atoms with Crippen LogP contribution in [-0.2, 0) is 19.1 Å². The highest BCUT2D eigenvalue weighted by molar-refractivity contribution is 7.99. The number of nitrogens with zero attached hydrogens (tertiary/aromatic N) is 6. The maximum absolute atomic E-state index is 13.0. The summed E-state index contributed by atoms with van der Waals surface area (Å²) < 4.78 is 46.7. The molecule has 0 spiro atoms. The molecule has 0 N–H and O–H groups in total. The third-order valence-electron chi connectivity index (χ3n) is 5.23. The average Bonchev–Trinajstić information content (AvgIpc) is 3.45. The topological polar surface area (TPSA) is 91.1 Å². The molecule has 0 saturated carbocycles. The molecule has 0 aliphatic carbocycles. The van der Waals surface area contributed by atoms with Crippen LogP contribution in [-0.4, -0.2) is 29.3 Å². The minimum Gasteiger partial charge on any atom is -0.337 e. The van der Waals surface area contributed by atoms with Gasteiger partial charge in [0, 0.05) is 22.9 Å². The van der Waals surface area contributed by atoms with Crippen LogP contribution in [0.25, 0.3) is 17.0 Å². The minimum absolute atomic E-state index is 0.0167. The van der Waals surface area contributed by atoms with Gasteiger partial charge in [-0.05, 0) is 30.2 Å². The number of aromatic nitrogens is 6. The molecule has 0 amide bonds. The largest absolute Gasteiger partial charge is 0.416 e. The van der Waals surface area contributed by atoms with Crippen LogP contribution < -0.4 is 5.69 Å². The van der Waals surface area contributed by atoms with E-state index in [1.165, 1.54) is 40.7 Å². The summed E-state index contributed by atoms with van der Waals surface area (Å²) in [5, 5.41) is 8.71. The fourth-order valence-corrected chi connectivity index (χ4v) is 4.54. The molecule has 178 valence electrons. The fraction of sp³-hybridized carbons (Fsp3) is 0.174. The summed E-state index contributed by atoms with van der Waals surface area (Å²) >= 11 is 1.41. The van der Waals surface area contributed by atoms with Crippen LogP contribution in [0.1, 0.15) is 23.9 Å². The molecule has 0 bridgehead atoms. The molecule has 2 aromatic carbocycles. The Kier molecular flexibility index (Phi) is 5.89. The van der Waals surface area contributed by atoms with Gasteiger partial charge in [0.15, 0.2) is 5.65 Å². The molecule has 0 aliphatic heterocycles. The number of rotatable bonds is 6.